The molecule has 7 nitrogen and oxygen atoms in total. The Bertz CT molecular complexity index is 1380. The summed E-state index contributed by atoms with van der Waals surface area (Å²) in [6.45, 7) is 5.79. The third kappa shape index (κ3) is 4.91. The van der Waals surface area contributed by atoms with E-state index in [0.29, 0.717) is 17.0 Å². The maximum atomic E-state index is 13.5. The lowest BCUT2D eigenvalue weighted by Crippen LogP contribution is -2.29. The number of ketones is 1. The van der Waals surface area contributed by atoms with Gasteiger partial charge in [0.2, 0.25) is 0 Å². The van der Waals surface area contributed by atoms with Crippen LogP contribution in [-0.2, 0) is 9.59 Å². The lowest BCUT2D eigenvalue weighted by Gasteiger charge is -2.27. The molecule has 4 rings (SSSR count). The summed E-state index contributed by atoms with van der Waals surface area (Å²) in [5.74, 6) is -1.21. The van der Waals surface area contributed by atoms with Crippen LogP contribution in [0.15, 0.2) is 66.2 Å². The molecule has 1 heterocycles. The molecule has 1 saturated heterocycles. The standard InChI is InChI=1S/C29H28Cl2N2O5/c1-5-32(6-2)19-10-12-20(13-11-19)33-25(17-8-7-9-21(14-17)37-3)24(27(35)29(33)36)26(34)18-15-22(30)28(38-4)23(31)16-18/h7-16,25,34H,5-6H2,1-4H3/b26-24+. The fourth-order valence-corrected chi connectivity index (χ4v) is 5.33. The van der Waals surface area contributed by atoms with Crippen LogP contribution in [0.2, 0.25) is 10.0 Å². The molecule has 198 valence electrons. The molecule has 1 aliphatic rings. The Morgan fingerprint density at radius 3 is 2.13 bits per heavy atom. The first-order valence-electron chi connectivity index (χ1n) is 12.1. The second-order valence-electron chi connectivity index (χ2n) is 8.61. The molecule has 1 aliphatic heterocycles. The number of ether oxygens (including phenoxy) is 2. The lowest BCUT2D eigenvalue weighted by atomic mass is 9.95. The number of carbonyl (C=O) groups is 2. The zero-order chi connectivity index (χ0) is 27.6. The van der Waals surface area contributed by atoms with Gasteiger partial charge in [-0.25, -0.2) is 0 Å². The minimum Gasteiger partial charge on any atom is -0.507 e. The number of benzene rings is 3. The van der Waals surface area contributed by atoms with Gasteiger partial charge in [-0.3, -0.25) is 14.5 Å². The molecule has 1 amide bonds. The molecule has 1 fully saturated rings. The number of carbonyl (C=O) groups excluding carboxylic acids is 2. The van der Waals surface area contributed by atoms with E-state index < -0.39 is 23.5 Å². The number of nitrogens with zero attached hydrogens (tertiary/aromatic N) is 2. The van der Waals surface area contributed by atoms with Gasteiger partial charge in [-0.1, -0.05) is 35.3 Å². The van der Waals surface area contributed by atoms with Crippen LogP contribution >= 0.6 is 23.2 Å². The Hall–Kier alpha value is -3.68. The van der Waals surface area contributed by atoms with Crippen LogP contribution in [0.25, 0.3) is 5.76 Å². The van der Waals surface area contributed by atoms with Gasteiger partial charge in [0.15, 0.2) is 5.75 Å². The predicted molar refractivity (Wildman–Crippen MR) is 151 cm³/mol. The largest absolute Gasteiger partial charge is 0.507 e. The summed E-state index contributed by atoms with van der Waals surface area (Å²) >= 11 is 12.6. The highest BCUT2D eigenvalue weighted by Gasteiger charge is 2.47. The number of rotatable bonds is 8. The van der Waals surface area contributed by atoms with E-state index in [2.05, 4.69) is 18.7 Å². The van der Waals surface area contributed by atoms with Crippen LogP contribution < -0.4 is 19.3 Å². The number of halogens is 2. The third-order valence-corrected chi connectivity index (χ3v) is 7.15. The molecule has 0 radical (unpaired) electrons. The minimum absolute atomic E-state index is 0.0895. The SMILES string of the molecule is CCN(CC)c1ccc(N2C(=O)C(=O)/C(=C(/O)c3cc(Cl)c(OC)c(Cl)c3)C2c2cccc(OC)c2)cc1. The first kappa shape index (κ1) is 27.4. The quantitative estimate of drug-likeness (QED) is 0.195. The van der Waals surface area contributed by atoms with Crippen LogP contribution in [0.5, 0.6) is 11.5 Å². The highest BCUT2D eigenvalue weighted by atomic mass is 35.5. The van der Waals surface area contributed by atoms with Crippen molar-refractivity contribution >= 4 is 52.0 Å². The van der Waals surface area contributed by atoms with Crippen molar-refractivity contribution in [1.82, 2.24) is 0 Å². The van der Waals surface area contributed by atoms with Gasteiger partial charge < -0.3 is 19.5 Å². The third-order valence-electron chi connectivity index (χ3n) is 6.59. The normalized spacial score (nSPS) is 16.6. The second-order valence-corrected chi connectivity index (χ2v) is 9.42. The van der Waals surface area contributed by atoms with Gasteiger partial charge in [0, 0.05) is 30.0 Å². The van der Waals surface area contributed by atoms with Gasteiger partial charge >= 0.3 is 0 Å². The first-order chi connectivity index (χ1) is 18.2. The smallest absolute Gasteiger partial charge is 0.300 e. The van der Waals surface area contributed by atoms with Crippen LogP contribution in [0.3, 0.4) is 0 Å². The van der Waals surface area contributed by atoms with Crippen molar-refractivity contribution in [3.05, 3.63) is 87.4 Å². The fraction of sp³-hybridized carbons (Fsp3) is 0.241. The van der Waals surface area contributed by atoms with E-state index in [1.807, 2.05) is 12.1 Å². The van der Waals surface area contributed by atoms with Crippen molar-refractivity contribution in [2.45, 2.75) is 19.9 Å². The fourth-order valence-electron chi connectivity index (χ4n) is 4.69. The maximum Gasteiger partial charge on any atom is 0.300 e. The van der Waals surface area contributed by atoms with E-state index in [9.17, 15) is 14.7 Å². The summed E-state index contributed by atoms with van der Waals surface area (Å²) in [5.41, 5.74) is 2.19. The van der Waals surface area contributed by atoms with Crippen LogP contribution in [0, 0.1) is 0 Å². The summed E-state index contributed by atoms with van der Waals surface area (Å²) in [5, 5.41) is 11.7. The van der Waals surface area contributed by atoms with Crippen molar-refractivity contribution in [3.8, 4) is 11.5 Å². The van der Waals surface area contributed by atoms with Gasteiger partial charge in [0.1, 0.15) is 11.5 Å². The van der Waals surface area contributed by atoms with Crippen molar-refractivity contribution in [3.63, 3.8) is 0 Å². The Kier molecular flexibility index (Phi) is 8.19. The van der Waals surface area contributed by atoms with Crippen LogP contribution in [0.1, 0.15) is 31.0 Å². The Morgan fingerprint density at radius 2 is 1.58 bits per heavy atom. The molecule has 0 aliphatic carbocycles. The summed E-state index contributed by atoms with van der Waals surface area (Å²) in [7, 11) is 2.95. The topological polar surface area (TPSA) is 79.3 Å². The van der Waals surface area contributed by atoms with Gasteiger partial charge in [-0.2, -0.15) is 0 Å². The number of anilines is 2. The van der Waals surface area contributed by atoms with Crippen molar-refractivity contribution in [2.24, 2.45) is 0 Å². The van der Waals surface area contributed by atoms with Gasteiger partial charge in [-0.05, 0) is 67.9 Å². The summed E-state index contributed by atoms with van der Waals surface area (Å²) in [6, 6.07) is 16.4. The second kappa shape index (κ2) is 11.4. The molecule has 0 bridgehead atoms. The average molecular weight is 555 g/mol. The van der Waals surface area contributed by atoms with Crippen molar-refractivity contribution in [1.29, 1.82) is 0 Å². The number of aliphatic hydroxyl groups excluding tert-OH is 1. The Balaban J connectivity index is 1.91. The molecular formula is C29H28Cl2N2O5. The molecule has 0 spiro atoms. The van der Waals surface area contributed by atoms with Crippen LogP contribution in [0.4, 0.5) is 11.4 Å². The van der Waals surface area contributed by atoms with E-state index in [1.165, 1.54) is 31.3 Å². The van der Waals surface area contributed by atoms with Gasteiger partial charge in [-0.15, -0.1) is 0 Å². The van der Waals surface area contributed by atoms with E-state index in [-0.39, 0.29) is 26.9 Å². The number of methoxy groups -OCH3 is 2. The molecular weight excluding hydrogens is 527 g/mol. The molecule has 1 atom stereocenters. The Labute approximate surface area is 231 Å². The zero-order valence-electron chi connectivity index (χ0n) is 21.5. The highest BCUT2D eigenvalue weighted by Crippen LogP contribution is 2.44. The monoisotopic (exact) mass is 554 g/mol. The number of aliphatic hydroxyl groups is 1. The lowest BCUT2D eigenvalue weighted by molar-refractivity contribution is -0.132. The number of Topliss-reactive ketones (excluding diaryl/α,β-unsaturated/α-hetero) is 1. The van der Waals surface area contributed by atoms with E-state index in [4.69, 9.17) is 32.7 Å². The molecule has 38 heavy (non-hydrogen) atoms. The van der Waals surface area contributed by atoms with Gasteiger partial charge in [0.05, 0.1) is 35.9 Å². The zero-order valence-corrected chi connectivity index (χ0v) is 23.0. The van der Waals surface area contributed by atoms with Crippen LogP contribution in [-0.4, -0.2) is 44.1 Å². The minimum atomic E-state index is -0.927. The van der Waals surface area contributed by atoms with E-state index >= 15 is 0 Å². The molecule has 3 aromatic carbocycles. The van der Waals surface area contributed by atoms with Crippen molar-refractivity contribution in [2.75, 3.05) is 37.1 Å². The highest BCUT2D eigenvalue weighted by molar-refractivity contribution is 6.51. The molecule has 9 heteroatoms. The molecule has 0 saturated carbocycles. The summed E-state index contributed by atoms with van der Waals surface area (Å²) < 4.78 is 10.6. The summed E-state index contributed by atoms with van der Waals surface area (Å²) in [6.07, 6.45) is 0. The molecule has 1 N–H and O–H groups in total. The number of hydrogen-bond acceptors (Lipinski definition) is 6. The maximum absolute atomic E-state index is 13.5. The van der Waals surface area contributed by atoms with E-state index in [1.54, 1.807) is 36.4 Å². The Morgan fingerprint density at radius 1 is 0.947 bits per heavy atom. The number of amides is 1. The first-order valence-corrected chi connectivity index (χ1v) is 12.8. The molecule has 1 unspecified atom stereocenters. The number of hydrogen-bond donors (Lipinski definition) is 1. The predicted octanol–water partition coefficient (Wildman–Crippen LogP) is 6.48. The molecule has 0 aromatic heterocycles. The summed E-state index contributed by atoms with van der Waals surface area (Å²) in [4.78, 5) is 30.5. The van der Waals surface area contributed by atoms with Crippen molar-refractivity contribution < 1.29 is 24.2 Å². The average Bonchev–Trinajstić information content (AvgIpc) is 3.19. The van der Waals surface area contributed by atoms with E-state index in [0.717, 1.165) is 18.8 Å². The van der Waals surface area contributed by atoms with Gasteiger partial charge in [0.25, 0.3) is 11.7 Å². The molecule has 3 aromatic rings.